The Morgan fingerprint density at radius 3 is 2.55 bits per heavy atom. The van der Waals surface area contributed by atoms with Crippen molar-refractivity contribution < 1.29 is 17.9 Å². The number of amides is 1. The summed E-state index contributed by atoms with van der Waals surface area (Å²) in [4.78, 5) is 20.4. The summed E-state index contributed by atoms with van der Waals surface area (Å²) in [5.74, 6) is -0.0888. The van der Waals surface area contributed by atoms with Gasteiger partial charge in [-0.1, -0.05) is 42.5 Å². The molecule has 0 saturated carbocycles. The van der Waals surface area contributed by atoms with Crippen molar-refractivity contribution >= 4 is 34.0 Å². The van der Waals surface area contributed by atoms with Crippen LogP contribution in [0.4, 0.5) is 5.82 Å². The highest BCUT2D eigenvalue weighted by molar-refractivity contribution is 7.92. The van der Waals surface area contributed by atoms with E-state index in [9.17, 15) is 13.2 Å². The lowest BCUT2D eigenvalue weighted by molar-refractivity contribution is 0.0772. The summed E-state index contributed by atoms with van der Waals surface area (Å²) >= 11 is 0. The van der Waals surface area contributed by atoms with E-state index in [4.69, 9.17) is 4.74 Å². The van der Waals surface area contributed by atoms with E-state index >= 15 is 0 Å². The Balaban J connectivity index is 1.39. The molecule has 0 fully saturated rings. The van der Waals surface area contributed by atoms with Crippen LogP contribution in [0, 0.1) is 5.92 Å². The molecule has 1 unspecified atom stereocenters. The van der Waals surface area contributed by atoms with Crippen molar-refractivity contribution in [3.8, 4) is 5.88 Å². The number of methoxy groups -OCH3 is 1. The second-order valence-electron chi connectivity index (χ2n) is 7.13. The predicted molar refractivity (Wildman–Crippen MR) is 124 cm³/mol. The van der Waals surface area contributed by atoms with E-state index in [1.807, 2.05) is 30.4 Å². The van der Waals surface area contributed by atoms with Gasteiger partial charge in [-0.3, -0.25) is 9.52 Å². The lowest BCUT2D eigenvalue weighted by Crippen LogP contribution is -2.25. The number of hydrogen-bond donors (Lipinski definition) is 1. The number of aromatic nitrogens is 2. The Kier molecular flexibility index (Phi) is 6.45. The van der Waals surface area contributed by atoms with Gasteiger partial charge in [0.25, 0.3) is 21.8 Å². The molecule has 0 aliphatic carbocycles. The van der Waals surface area contributed by atoms with Gasteiger partial charge in [0.1, 0.15) is 0 Å². The number of carbonyl (C=O) groups is 1. The number of carbonyl (C=O) groups excluding carboxylic acids is 1. The van der Waals surface area contributed by atoms with Crippen LogP contribution in [0.25, 0.3) is 6.08 Å². The molecule has 1 amide bonds. The Morgan fingerprint density at radius 2 is 1.82 bits per heavy atom. The van der Waals surface area contributed by atoms with E-state index in [0.29, 0.717) is 12.1 Å². The molecule has 33 heavy (non-hydrogen) atoms. The smallest absolute Gasteiger partial charge is 0.273 e. The molecule has 1 N–H and O–H groups in total. The fourth-order valence-electron chi connectivity index (χ4n) is 3.16. The molecule has 2 heterocycles. The van der Waals surface area contributed by atoms with Crippen molar-refractivity contribution in [1.29, 1.82) is 0 Å². The molecule has 1 aromatic heterocycles. The number of sulfonamides is 1. The topological polar surface area (TPSA) is 114 Å². The molecule has 0 saturated heterocycles. The molecule has 4 rings (SSSR count). The van der Waals surface area contributed by atoms with E-state index in [1.165, 1.54) is 36.6 Å². The molecular formula is C23H21N5O4S. The van der Waals surface area contributed by atoms with Crippen LogP contribution in [-0.2, 0) is 10.0 Å². The van der Waals surface area contributed by atoms with E-state index < -0.39 is 10.0 Å². The van der Waals surface area contributed by atoms with Crippen LogP contribution in [-0.4, -0.2) is 49.2 Å². The third-order valence-corrected chi connectivity index (χ3v) is 6.21. The first kappa shape index (κ1) is 22.2. The van der Waals surface area contributed by atoms with Gasteiger partial charge in [-0.25, -0.2) is 23.4 Å². The highest BCUT2D eigenvalue weighted by Crippen LogP contribution is 2.22. The Morgan fingerprint density at radius 1 is 1.09 bits per heavy atom. The van der Waals surface area contributed by atoms with Gasteiger partial charge in [-0.15, -0.1) is 0 Å². The molecule has 0 radical (unpaired) electrons. The summed E-state index contributed by atoms with van der Waals surface area (Å²) < 4.78 is 32.7. The number of ether oxygens (including phenoxy) is 1. The number of rotatable bonds is 7. The minimum atomic E-state index is -3.86. The van der Waals surface area contributed by atoms with Crippen molar-refractivity contribution in [2.75, 3.05) is 18.4 Å². The normalized spacial score (nSPS) is 15.7. The number of nitrogens with one attached hydrogen (secondary N) is 1. The van der Waals surface area contributed by atoms with Crippen LogP contribution in [0.5, 0.6) is 5.88 Å². The summed E-state index contributed by atoms with van der Waals surface area (Å²) in [6.07, 6.45) is 8.28. The van der Waals surface area contributed by atoms with Crippen LogP contribution in [0.1, 0.15) is 15.9 Å². The van der Waals surface area contributed by atoms with Crippen LogP contribution in [0.15, 0.2) is 83.1 Å². The molecule has 3 aromatic rings. The fourth-order valence-corrected chi connectivity index (χ4v) is 4.17. The van der Waals surface area contributed by atoms with Crippen molar-refractivity contribution in [3.63, 3.8) is 0 Å². The molecule has 0 bridgehead atoms. The van der Waals surface area contributed by atoms with Crippen LogP contribution >= 0.6 is 0 Å². The maximum absolute atomic E-state index is 12.7. The first-order chi connectivity index (χ1) is 16.0. The standard InChI is InChI=1S/C23H21N5O4S/c1-32-22-21(24-13-14-25-22)27-33(30,31)20-11-9-17(10-12-20)7-8-18-15-26-28(16-18)23(29)19-5-3-2-4-6-19/h2-15,18H,16H2,1H3,(H,24,27)/b8-7+. The van der Waals surface area contributed by atoms with Crippen molar-refractivity contribution in [3.05, 3.63) is 84.2 Å². The molecule has 2 aromatic carbocycles. The zero-order valence-corrected chi connectivity index (χ0v) is 18.5. The average molecular weight is 464 g/mol. The van der Waals surface area contributed by atoms with Gasteiger partial charge in [0, 0.05) is 30.1 Å². The molecule has 1 aliphatic heterocycles. The first-order valence-electron chi connectivity index (χ1n) is 10.0. The largest absolute Gasteiger partial charge is 0.478 e. The third-order valence-electron chi connectivity index (χ3n) is 4.85. The molecule has 0 spiro atoms. The van der Waals surface area contributed by atoms with Gasteiger partial charge in [0.05, 0.1) is 18.6 Å². The number of hydrogen-bond acceptors (Lipinski definition) is 7. The second kappa shape index (κ2) is 9.61. The van der Waals surface area contributed by atoms with Gasteiger partial charge in [0.2, 0.25) is 5.82 Å². The van der Waals surface area contributed by atoms with Crippen LogP contribution < -0.4 is 9.46 Å². The Bertz CT molecular complexity index is 1290. The van der Waals surface area contributed by atoms with Gasteiger partial charge < -0.3 is 4.74 Å². The number of hydrazone groups is 1. The van der Waals surface area contributed by atoms with Gasteiger partial charge in [-0.05, 0) is 29.8 Å². The molecule has 1 atom stereocenters. The second-order valence-corrected chi connectivity index (χ2v) is 8.81. The highest BCUT2D eigenvalue weighted by Gasteiger charge is 2.22. The lowest BCUT2D eigenvalue weighted by atomic mass is 10.1. The maximum atomic E-state index is 12.7. The minimum absolute atomic E-state index is 0.0131. The molecular weight excluding hydrogens is 442 g/mol. The van der Waals surface area contributed by atoms with E-state index in [0.717, 1.165) is 5.56 Å². The monoisotopic (exact) mass is 463 g/mol. The SMILES string of the molecule is COc1nccnc1NS(=O)(=O)c1ccc(/C=C/C2C=NN(C(=O)c3ccccc3)C2)cc1. The average Bonchev–Trinajstić information content (AvgIpc) is 3.32. The number of anilines is 1. The summed E-state index contributed by atoms with van der Waals surface area (Å²) in [5.41, 5.74) is 1.40. The molecule has 10 heteroatoms. The van der Waals surface area contributed by atoms with Gasteiger partial charge >= 0.3 is 0 Å². The summed E-state index contributed by atoms with van der Waals surface area (Å²) in [6.45, 7) is 0.445. The lowest BCUT2D eigenvalue weighted by Gasteiger charge is -2.12. The molecule has 168 valence electrons. The summed E-state index contributed by atoms with van der Waals surface area (Å²) in [5, 5.41) is 5.64. The maximum Gasteiger partial charge on any atom is 0.273 e. The quantitative estimate of drug-likeness (QED) is 0.576. The molecule has 9 nitrogen and oxygen atoms in total. The van der Waals surface area contributed by atoms with Crippen molar-refractivity contribution in [1.82, 2.24) is 15.0 Å². The van der Waals surface area contributed by atoms with E-state index in [1.54, 1.807) is 30.5 Å². The van der Waals surface area contributed by atoms with Crippen LogP contribution in [0.3, 0.4) is 0 Å². The van der Waals surface area contributed by atoms with Gasteiger partial charge in [-0.2, -0.15) is 5.10 Å². The first-order valence-corrected chi connectivity index (χ1v) is 11.5. The number of benzene rings is 2. The molecule has 1 aliphatic rings. The third kappa shape index (κ3) is 5.24. The summed E-state index contributed by atoms with van der Waals surface area (Å²) in [7, 11) is -2.47. The van der Waals surface area contributed by atoms with Crippen LogP contribution in [0.2, 0.25) is 0 Å². The van der Waals surface area contributed by atoms with Crippen molar-refractivity contribution in [2.24, 2.45) is 11.0 Å². The minimum Gasteiger partial charge on any atom is -0.478 e. The highest BCUT2D eigenvalue weighted by atomic mass is 32.2. The number of nitrogens with zero attached hydrogens (tertiary/aromatic N) is 4. The fraction of sp³-hybridized carbons (Fsp3) is 0.130. The Labute approximate surface area is 191 Å². The zero-order valence-electron chi connectivity index (χ0n) is 17.7. The van der Waals surface area contributed by atoms with Crippen molar-refractivity contribution in [2.45, 2.75) is 4.90 Å². The van der Waals surface area contributed by atoms with E-state index in [2.05, 4.69) is 19.8 Å². The summed E-state index contributed by atoms with van der Waals surface area (Å²) in [6, 6.07) is 15.4. The Hall–Kier alpha value is -4.05. The zero-order chi connectivity index (χ0) is 23.3. The van der Waals surface area contributed by atoms with E-state index in [-0.39, 0.29) is 28.4 Å². The predicted octanol–water partition coefficient (Wildman–Crippen LogP) is 3.06. The van der Waals surface area contributed by atoms with Gasteiger partial charge in [0.15, 0.2) is 0 Å².